The maximum Gasteiger partial charge on any atom is 0.244 e. The maximum atomic E-state index is 14.8. The van der Waals surface area contributed by atoms with E-state index in [-0.39, 0.29) is 29.2 Å². The van der Waals surface area contributed by atoms with Crippen molar-refractivity contribution in [1.29, 1.82) is 0 Å². The minimum absolute atomic E-state index is 0.132. The Morgan fingerprint density at radius 1 is 0.974 bits per heavy atom. The SMILES string of the molecule is CCCCNC(=O)[C@H](Cc1ccccc1)N(Cc1ccccc1F)C(=O)CN(c1ccccc1Cl)S(C)(=O)=O. The average Bonchev–Trinajstić information content (AvgIpc) is 2.90. The van der Waals surface area contributed by atoms with E-state index in [1.54, 1.807) is 18.2 Å². The number of amides is 2. The monoisotopic (exact) mass is 573 g/mol. The minimum Gasteiger partial charge on any atom is -0.354 e. The van der Waals surface area contributed by atoms with Gasteiger partial charge in [0.05, 0.1) is 17.0 Å². The van der Waals surface area contributed by atoms with Crippen LogP contribution in [0.25, 0.3) is 0 Å². The number of hydrogen-bond donors (Lipinski definition) is 1. The molecule has 0 heterocycles. The van der Waals surface area contributed by atoms with Gasteiger partial charge < -0.3 is 10.2 Å². The number of rotatable bonds is 13. The van der Waals surface area contributed by atoms with Crippen LogP contribution in [0, 0.1) is 5.82 Å². The number of hydrogen-bond acceptors (Lipinski definition) is 4. The zero-order valence-corrected chi connectivity index (χ0v) is 23.6. The molecule has 3 aromatic rings. The fraction of sp³-hybridized carbons (Fsp3) is 0.310. The minimum atomic E-state index is -3.95. The van der Waals surface area contributed by atoms with Gasteiger partial charge in [0.25, 0.3) is 0 Å². The lowest BCUT2D eigenvalue weighted by atomic mass is 10.0. The zero-order valence-electron chi connectivity index (χ0n) is 22.0. The predicted octanol–water partition coefficient (Wildman–Crippen LogP) is 4.80. The molecule has 2 amide bonds. The Labute approximate surface area is 234 Å². The van der Waals surface area contributed by atoms with E-state index in [2.05, 4.69) is 5.32 Å². The summed E-state index contributed by atoms with van der Waals surface area (Å²) in [6.07, 6.45) is 2.75. The molecular formula is C29H33ClFN3O4S. The Morgan fingerprint density at radius 3 is 2.26 bits per heavy atom. The normalized spacial score (nSPS) is 12.0. The van der Waals surface area contributed by atoms with Crippen molar-refractivity contribution in [1.82, 2.24) is 10.2 Å². The van der Waals surface area contributed by atoms with Crippen LogP contribution in [0.1, 0.15) is 30.9 Å². The summed E-state index contributed by atoms with van der Waals surface area (Å²) in [6.45, 7) is 1.56. The number of carbonyl (C=O) groups is 2. The smallest absolute Gasteiger partial charge is 0.244 e. The molecule has 0 saturated heterocycles. The van der Waals surface area contributed by atoms with Crippen molar-refractivity contribution in [3.8, 4) is 0 Å². The van der Waals surface area contributed by atoms with Gasteiger partial charge in [-0.25, -0.2) is 12.8 Å². The summed E-state index contributed by atoms with van der Waals surface area (Å²) in [4.78, 5) is 28.7. The number of nitrogens with zero attached hydrogens (tertiary/aromatic N) is 2. The topological polar surface area (TPSA) is 86.8 Å². The third-order valence-corrected chi connectivity index (χ3v) is 7.65. The molecule has 0 saturated carbocycles. The van der Waals surface area contributed by atoms with Gasteiger partial charge in [-0.15, -0.1) is 0 Å². The number of carbonyl (C=O) groups excluding carboxylic acids is 2. The molecule has 3 rings (SSSR count). The molecule has 0 aliphatic carbocycles. The standard InChI is InChI=1S/C29H33ClFN3O4S/c1-3-4-18-32-29(36)27(19-22-12-6-5-7-13-22)33(20-23-14-8-10-16-25(23)31)28(35)21-34(39(2,37)38)26-17-11-9-15-24(26)30/h5-17,27H,3-4,18-21H2,1-2H3,(H,32,36)/t27-/m0/s1. The first-order valence-corrected chi connectivity index (χ1v) is 14.9. The molecule has 3 aromatic carbocycles. The summed E-state index contributed by atoms with van der Waals surface area (Å²) in [6, 6.07) is 20.4. The van der Waals surface area contributed by atoms with Gasteiger partial charge in [0.15, 0.2) is 0 Å². The van der Waals surface area contributed by atoms with Crippen LogP contribution in [0.15, 0.2) is 78.9 Å². The first-order valence-electron chi connectivity index (χ1n) is 12.7. The van der Waals surface area contributed by atoms with Gasteiger partial charge in [-0.1, -0.05) is 85.6 Å². The summed E-state index contributed by atoms with van der Waals surface area (Å²) < 4.78 is 41.2. The summed E-state index contributed by atoms with van der Waals surface area (Å²) in [5, 5.41) is 3.03. The van der Waals surface area contributed by atoms with Crippen LogP contribution >= 0.6 is 11.6 Å². The molecule has 0 bridgehead atoms. The van der Waals surface area contributed by atoms with E-state index in [4.69, 9.17) is 11.6 Å². The largest absolute Gasteiger partial charge is 0.354 e. The van der Waals surface area contributed by atoms with Crippen LogP contribution in [0.2, 0.25) is 5.02 Å². The van der Waals surface area contributed by atoms with E-state index in [0.29, 0.717) is 6.54 Å². The molecule has 10 heteroatoms. The number of halogens is 2. The molecular weight excluding hydrogens is 541 g/mol. The number of sulfonamides is 1. The van der Waals surface area contributed by atoms with Crippen LogP contribution in [-0.4, -0.2) is 50.5 Å². The first kappa shape index (κ1) is 30.1. The van der Waals surface area contributed by atoms with E-state index in [9.17, 15) is 22.4 Å². The average molecular weight is 574 g/mol. The van der Waals surface area contributed by atoms with Gasteiger partial charge in [-0.3, -0.25) is 13.9 Å². The lowest BCUT2D eigenvalue weighted by molar-refractivity contribution is -0.140. The molecule has 0 unspecified atom stereocenters. The third kappa shape index (κ3) is 8.53. The molecule has 0 spiro atoms. The second kappa shape index (κ2) is 14.1. The van der Waals surface area contributed by atoms with Gasteiger partial charge in [-0.05, 0) is 30.2 Å². The second-order valence-electron chi connectivity index (χ2n) is 9.18. The number of nitrogens with one attached hydrogen (secondary N) is 1. The Hall–Kier alpha value is -3.43. The number of anilines is 1. The fourth-order valence-electron chi connectivity index (χ4n) is 4.12. The first-order chi connectivity index (χ1) is 18.6. The van der Waals surface area contributed by atoms with Gasteiger partial charge in [-0.2, -0.15) is 0 Å². The van der Waals surface area contributed by atoms with Crippen LogP contribution in [-0.2, 0) is 32.6 Å². The van der Waals surface area contributed by atoms with E-state index in [1.165, 1.54) is 35.2 Å². The molecule has 1 atom stereocenters. The molecule has 0 aromatic heterocycles. The van der Waals surface area contributed by atoms with Crippen molar-refractivity contribution in [2.24, 2.45) is 0 Å². The van der Waals surface area contributed by atoms with Crippen molar-refractivity contribution in [3.63, 3.8) is 0 Å². The Balaban J connectivity index is 2.05. The third-order valence-electron chi connectivity index (χ3n) is 6.20. The Kier molecular flexibility index (Phi) is 10.9. The predicted molar refractivity (Wildman–Crippen MR) is 152 cm³/mol. The lowest BCUT2D eigenvalue weighted by Crippen LogP contribution is -2.53. The molecule has 208 valence electrons. The quantitative estimate of drug-likeness (QED) is 0.298. The van der Waals surface area contributed by atoms with Crippen LogP contribution in [0.5, 0.6) is 0 Å². The van der Waals surface area contributed by atoms with E-state index in [0.717, 1.165) is 29.0 Å². The van der Waals surface area contributed by atoms with Gasteiger partial charge in [0.1, 0.15) is 18.4 Å². The number of para-hydroxylation sites is 1. The van der Waals surface area contributed by atoms with Crippen LogP contribution in [0.3, 0.4) is 0 Å². The fourth-order valence-corrected chi connectivity index (χ4v) is 5.27. The summed E-state index contributed by atoms with van der Waals surface area (Å²) in [5.41, 5.74) is 1.13. The van der Waals surface area contributed by atoms with Crippen molar-refractivity contribution in [2.45, 2.75) is 38.8 Å². The number of unbranched alkanes of at least 4 members (excludes halogenated alkanes) is 1. The molecule has 0 radical (unpaired) electrons. The molecule has 39 heavy (non-hydrogen) atoms. The zero-order chi connectivity index (χ0) is 28.4. The molecule has 1 N–H and O–H groups in total. The summed E-state index contributed by atoms with van der Waals surface area (Å²) >= 11 is 6.29. The Bertz CT molecular complexity index is 1370. The van der Waals surface area contributed by atoms with E-state index < -0.39 is 40.2 Å². The van der Waals surface area contributed by atoms with E-state index in [1.807, 2.05) is 37.3 Å². The highest BCUT2D eigenvalue weighted by molar-refractivity contribution is 7.92. The highest BCUT2D eigenvalue weighted by Crippen LogP contribution is 2.28. The molecule has 0 fully saturated rings. The molecule has 7 nitrogen and oxygen atoms in total. The summed E-state index contributed by atoms with van der Waals surface area (Å²) in [5.74, 6) is -1.61. The van der Waals surface area contributed by atoms with Crippen molar-refractivity contribution < 1.29 is 22.4 Å². The van der Waals surface area contributed by atoms with Crippen molar-refractivity contribution in [3.05, 3.63) is 101 Å². The number of benzene rings is 3. The van der Waals surface area contributed by atoms with Gasteiger partial charge >= 0.3 is 0 Å². The van der Waals surface area contributed by atoms with Crippen molar-refractivity contribution in [2.75, 3.05) is 23.7 Å². The van der Waals surface area contributed by atoms with E-state index >= 15 is 0 Å². The van der Waals surface area contributed by atoms with Crippen molar-refractivity contribution >= 4 is 39.1 Å². The lowest BCUT2D eigenvalue weighted by Gasteiger charge is -2.33. The summed E-state index contributed by atoms with van der Waals surface area (Å²) in [7, 11) is -3.95. The molecule has 0 aliphatic heterocycles. The Morgan fingerprint density at radius 2 is 1.62 bits per heavy atom. The highest BCUT2D eigenvalue weighted by Gasteiger charge is 2.33. The van der Waals surface area contributed by atoms with Crippen LogP contribution in [0.4, 0.5) is 10.1 Å². The van der Waals surface area contributed by atoms with Gasteiger partial charge in [0.2, 0.25) is 21.8 Å². The van der Waals surface area contributed by atoms with Crippen LogP contribution < -0.4 is 9.62 Å². The second-order valence-corrected chi connectivity index (χ2v) is 11.5. The maximum absolute atomic E-state index is 14.8. The highest BCUT2D eigenvalue weighted by atomic mass is 35.5. The van der Waals surface area contributed by atoms with Gasteiger partial charge in [0, 0.05) is 25.1 Å². The molecule has 0 aliphatic rings.